The van der Waals surface area contributed by atoms with Gasteiger partial charge in [0.05, 0.1) is 0 Å². The monoisotopic (exact) mass is 578 g/mol. The Morgan fingerprint density at radius 1 is 0.422 bits per heavy atom. The molecule has 0 aromatic rings. The molecule has 0 heteroatoms. The lowest BCUT2D eigenvalue weighted by molar-refractivity contribution is -1.13. The zero-order chi connectivity index (χ0) is 26.1. The Balaban J connectivity index is 0.907. The molecule has 0 nitrogen and oxygen atoms in total. The molecule has 27 rings (SSSR count). The summed E-state index contributed by atoms with van der Waals surface area (Å²) in [5, 5.41) is 0. The van der Waals surface area contributed by atoms with Gasteiger partial charge in [0, 0.05) is 0 Å². The van der Waals surface area contributed by atoms with Crippen molar-refractivity contribution < 1.29 is 0 Å². The molecule has 218 valence electrons. The summed E-state index contributed by atoms with van der Waals surface area (Å²) in [5.41, 5.74) is 20.0. The van der Waals surface area contributed by atoms with Gasteiger partial charge in [0.15, 0.2) is 0 Å². The van der Waals surface area contributed by atoms with Gasteiger partial charge in [-0.1, -0.05) is 0 Å². The third kappa shape index (κ3) is 0.462. The Labute approximate surface area is 262 Å². The summed E-state index contributed by atoms with van der Waals surface area (Å²) in [4.78, 5) is 0. The van der Waals surface area contributed by atoms with Crippen molar-refractivity contribution in [1.29, 1.82) is 0 Å². The van der Waals surface area contributed by atoms with Crippen molar-refractivity contribution in [2.24, 2.45) is 186 Å². The molecule has 45 heavy (non-hydrogen) atoms. The quantitative estimate of drug-likeness (QED) is 0.312. The minimum absolute atomic E-state index is 0.999. The minimum Gasteiger partial charge on any atom is -0.0493 e. The van der Waals surface area contributed by atoms with E-state index in [2.05, 4.69) is 0 Å². The van der Waals surface area contributed by atoms with Crippen LogP contribution in [0.4, 0.5) is 0 Å². The standard InChI is InChI=1S/C45H38/c1-3-27-13(1)5-17(27)22-25-20-11-31-28-4-2-14(28)9-30(28)32-10-16-7-19-24-26-23-18-6-15-8-21-34(15,18)39(23)37(21)33-12-29(22,27)38(25,33)36(20,31)44(33)42(30,31)43(32)40(24,35(16,19)32)41(26,39)45(37,43)44/h13-26H,1-12H2. The fourth-order valence-electron chi connectivity index (χ4n) is 42.3. The van der Waals surface area contributed by atoms with Gasteiger partial charge in [-0.2, -0.15) is 0 Å². The van der Waals surface area contributed by atoms with E-state index in [0.29, 0.717) is 0 Å². The maximum Gasteiger partial charge on any atom is -0.000750 e. The summed E-state index contributed by atoms with van der Waals surface area (Å²) in [6.07, 6.45) is 21.8. The molecule has 27 aliphatic carbocycles. The van der Waals surface area contributed by atoms with Crippen molar-refractivity contribution in [3.63, 3.8) is 0 Å². The molecule has 0 aliphatic heterocycles. The lowest BCUT2D eigenvalue weighted by Crippen LogP contribution is -3.56. The largest absolute Gasteiger partial charge is 0.0493 e. The van der Waals surface area contributed by atoms with E-state index in [4.69, 9.17) is 0 Å². The Morgan fingerprint density at radius 3 is 2.09 bits per heavy atom. The fraction of sp³-hybridized carbons (Fsp3) is 1.00. The minimum atomic E-state index is 0.999. The van der Waals surface area contributed by atoms with Gasteiger partial charge in [0.25, 0.3) is 0 Å². The second kappa shape index (κ2) is 2.88. The van der Waals surface area contributed by atoms with Gasteiger partial charge in [-0.05, 0) is 263 Å². The number of rotatable bonds is 0. The van der Waals surface area contributed by atoms with Gasteiger partial charge < -0.3 is 0 Å². The predicted octanol–water partition coefficient (Wildman–Crippen LogP) is 6.40. The highest BCUT2D eigenvalue weighted by Gasteiger charge is 3.58. The average Bonchev–Trinajstić information content (AvgIpc) is 2.91. The molecule has 0 aromatic heterocycles. The van der Waals surface area contributed by atoms with E-state index in [0.717, 1.165) is 103 Å². The molecule has 33 atom stereocenters. The van der Waals surface area contributed by atoms with Crippen LogP contribution in [0, 0.1) is 186 Å². The number of hydrogen-bond donors (Lipinski definition) is 0. The molecule has 0 heterocycles. The van der Waals surface area contributed by atoms with Crippen LogP contribution in [0.1, 0.15) is 77.0 Å². The smallest absolute Gasteiger partial charge is 0.000750 e. The second-order valence-corrected chi connectivity index (χ2v) is 27.5. The highest BCUT2D eigenvalue weighted by Crippen LogP contribution is 3.60. The van der Waals surface area contributed by atoms with Crippen LogP contribution < -0.4 is 0 Å². The fourth-order valence-corrected chi connectivity index (χ4v) is 42.3. The van der Waals surface area contributed by atoms with Crippen molar-refractivity contribution in [3.8, 4) is 0 Å². The second-order valence-electron chi connectivity index (χ2n) is 27.5. The zero-order valence-corrected chi connectivity index (χ0v) is 26.1. The van der Waals surface area contributed by atoms with Crippen molar-refractivity contribution in [2.45, 2.75) is 77.0 Å². The molecule has 27 saturated carbocycles. The molecule has 0 N–H and O–H groups in total. The Bertz CT molecular complexity index is 2480. The van der Waals surface area contributed by atoms with Crippen molar-refractivity contribution in [3.05, 3.63) is 0 Å². The van der Waals surface area contributed by atoms with Crippen LogP contribution in [0.25, 0.3) is 0 Å². The predicted molar refractivity (Wildman–Crippen MR) is 150 cm³/mol. The number of fused-ring (bicyclic) bond motifs is 7. The molecule has 33 unspecified atom stereocenters. The molecule has 0 amide bonds. The molecular formula is C45H38. The van der Waals surface area contributed by atoms with Crippen LogP contribution in [0.15, 0.2) is 0 Å². The van der Waals surface area contributed by atoms with E-state index in [1.54, 1.807) is 38.5 Å². The van der Waals surface area contributed by atoms with E-state index in [1.807, 2.05) is 38.5 Å². The van der Waals surface area contributed by atoms with Crippen LogP contribution in [-0.4, -0.2) is 0 Å². The van der Waals surface area contributed by atoms with Gasteiger partial charge in [-0.25, -0.2) is 0 Å². The first kappa shape index (κ1) is 17.3. The Kier molecular flexibility index (Phi) is 1.11. The SMILES string of the molecule is C1CC23C1CC2C1C2C4CC56C78CCC7CC87C89CC%10CC%11C%12C%13C%14C%15CC%16CC%17C%16%15C%14%15C%17%14C%16%17CC13C2%16C45C%171C76C82C%12(C%10%119)C%13%15C%1421. The van der Waals surface area contributed by atoms with Gasteiger partial charge in [-0.15, -0.1) is 0 Å². The maximum atomic E-state index is 1.97. The summed E-state index contributed by atoms with van der Waals surface area (Å²) >= 11 is 0. The van der Waals surface area contributed by atoms with Crippen LogP contribution in [-0.2, 0) is 0 Å². The van der Waals surface area contributed by atoms with E-state index in [1.165, 1.54) is 82.9 Å². The van der Waals surface area contributed by atoms with Crippen molar-refractivity contribution in [2.75, 3.05) is 0 Å². The highest BCUT2D eigenvalue weighted by molar-refractivity contribution is 6.03. The third-order valence-corrected chi connectivity index (χ3v) is 35.3. The number of hydrogen-bond acceptors (Lipinski definition) is 0. The first-order valence-electron chi connectivity index (χ1n) is 22.2. The average molecular weight is 579 g/mol. The Hall–Kier alpha value is 0. The highest BCUT2D eigenvalue weighted by atomic mass is 15.6. The van der Waals surface area contributed by atoms with Crippen LogP contribution in [0.3, 0.4) is 0 Å². The van der Waals surface area contributed by atoms with E-state index >= 15 is 0 Å². The first-order valence-corrected chi connectivity index (χ1v) is 22.2. The van der Waals surface area contributed by atoms with Crippen LogP contribution in [0.2, 0.25) is 0 Å². The molecular weight excluding hydrogens is 540 g/mol. The van der Waals surface area contributed by atoms with E-state index in [-0.39, 0.29) is 0 Å². The van der Waals surface area contributed by atoms with E-state index < -0.39 is 0 Å². The van der Waals surface area contributed by atoms with E-state index in [9.17, 15) is 0 Å². The summed E-state index contributed by atoms with van der Waals surface area (Å²) in [6.45, 7) is 0. The van der Waals surface area contributed by atoms with Crippen LogP contribution in [0.5, 0.6) is 0 Å². The molecule has 0 saturated heterocycles. The molecule has 0 radical (unpaired) electrons. The molecule has 19 spiro atoms. The van der Waals surface area contributed by atoms with Gasteiger partial charge in [0.2, 0.25) is 0 Å². The summed E-state index contributed by atoms with van der Waals surface area (Å²) in [5.74, 6) is 18.6. The van der Waals surface area contributed by atoms with Crippen molar-refractivity contribution >= 4 is 0 Å². The summed E-state index contributed by atoms with van der Waals surface area (Å²) in [6, 6.07) is 0. The zero-order valence-electron chi connectivity index (χ0n) is 26.1. The van der Waals surface area contributed by atoms with Crippen LogP contribution >= 0.6 is 0 Å². The summed E-state index contributed by atoms with van der Waals surface area (Å²) in [7, 11) is 0. The normalized spacial score (nSPS) is 121. The molecule has 0 bridgehead atoms. The molecule has 27 aliphatic rings. The topological polar surface area (TPSA) is 0 Å². The summed E-state index contributed by atoms with van der Waals surface area (Å²) < 4.78 is 0. The van der Waals surface area contributed by atoms with Gasteiger partial charge >= 0.3 is 0 Å². The Morgan fingerprint density at radius 2 is 1.27 bits per heavy atom. The third-order valence-electron chi connectivity index (χ3n) is 35.3. The molecule has 0 aromatic carbocycles. The lowest BCUT2D eigenvalue weighted by Gasteiger charge is -3.57. The first-order chi connectivity index (χ1) is 22.2. The van der Waals surface area contributed by atoms with Gasteiger partial charge in [-0.3, -0.25) is 0 Å². The maximum absolute atomic E-state index is 1.97. The van der Waals surface area contributed by atoms with Gasteiger partial charge in [0.1, 0.15) is 0 Å². The molecule has 27 fully saturated rings. The lowest BCUT2D eigenvalue weighted by atomic mass is 8.45. The van der Waals surface area contributed by atoms with Crippen molar-refractivity contribution in [1.82, 2.24) is 0 Å².